The van der Waals surface area contributed by atoms with Gasteiger partial charge in [0.05, 0.1) is 17.3 Å². The molecule has 8 heteroatoms. The maximum absolute atomic E-state index is 13.0. The van der Waals surface area contributed by atoms with Crippen molar-refractivity contribution < 1.29 is 13.2 Å². The molecular weight excluding hydrogens is 340 g/mol. The van der Waals surface area contributed by atoms with E-state index in [1.54, 1.807) is 13.8 Å². The zero-order valence-electron chi connectivity index (χ0n) is 14.3. The van der Waals surface area contributed by atoms with Crippen LogP contribution in [-0.4, -0.2) is 41.9 Å². The van der Waals surface area contributed by atoms with Gasteiger partial charge in [-0.1, -0.05) is 18.2 Å². The van der Waals surface area contributed by atoms with E-state index >= 15 is 0 Å². The predicted octanol–water partition coefficient (Wildman–Crippen LogP) is 2.07. The first-order chi connectivity index (χ1) is 11.9. The van der Waals surface area contributed by atoms with Crippen molar-refractivity contribution in [2.75, 3.05) is 18.4 Å². The van der Waals surface area contributed by atoms with Crippen molar-refractivity contribution in [2.45, 2.75) is 31.6 Å². The largest absolute Gasteiger partial charge is 0.326 e. The van der Waals surface area contributed by atoms with E-state index in [2.05, 4.69) is 15.5 Å². The number of aromatic nitrogens is 2. The summed E-state index contributed by atoms with van der Waals surface area (Å²) in [6, 6.07) is 9.19. The summed E-state index contributed by atoms with van der Waals surface area (Å²) in [6.45, 7) is 3.96. The average Bonchev–Trinajstić information content (AvgIpc) is 2.95. The lowest BCUT2D eigenvalue weighted by atomic mass is 9.99. The fraction of sp³-hybridized carbons (Fsp3) is 0.412. The fourth-order valence-electron chi connectivity index (χ4n) is 3.19. The highest BCUT2D eigenvalue weighted by molar-refractivity contribution is 7.89. The number of hydrogen-bond donors (Lipinski definition) is 2. The van der Waals surface area contributed by atoms with Crippen LogP contribution in [0.2, 0.25) is 0 Å². The van der Waals surface area contributed by atoms with Gasteiger partial charge in [-0.3, -0.25) is 9.89 Å². The van der Waals surface area contributed by atoms with Crippen molar-refractivity contribution >= 4 is 21.6 Å². The number of aromatic amines is 1. The summed E-state index contributed by atoms with van der Waals surface area (Å²) in [4.78, 5) is 12.7. The first kappa shape index (κ1) is 17.6. The van der Waals surface area contributed by atoms with Gasteiger partial charge >= 0.3 is 0 Å². The van der Waals surface area contributed by atoms with Crippen LogP contribution in [0.1, 0.15) is 24.2 Å². The summed E-state index contributed by atoms with van der Waals surface area (Å²) in [5.41, 5.74) is 1.69. The molecule has 2 aromatic rings. The van der Waals surface area contributed by atoms with Gasteiger partial charge in [0, 0.05) is 18.8 Å². The Balaban J connectivity index is 1.76. The molecule has 1 saturated heterocycles. The van der Waals surface area contributed by atoms with Gasteiger partial charge in [-0.25, -0.2) is 8.42 Å². The third-order valence-electron chi connectivity index (χ3n) is 4.45. The molecule has 0 aliphatic carbocycles. The second kappa shape index (κ2) is 6.97. The molecule has 25 heavy (non-hydrogen) atoms. The Bertz CT molecular complexity index is 842. The number of aryl methyl sites for hydroxylation is 2. The van der Waals surface area contributed by atoms with E-state index in [0.29, 0.717) is 36.5 Å². The Hall–Kier alpha value is -2.19. The lowest BCUT2D eigenvalue weighted by Crippen LogP contribution is -2.43. The number of benzene rings is 1. The highest BCUT2D eigenvalue weighted by atomic mass is 32.2. The van der Waals surface area contributed by atoms with E-state index in [9.17, 15) is 13.2 Å². The highest BCUT2D eigenvalue weighted by Gasteiger charge is 2.35. The van der Waals surface area contributed by atoms with Crippen molar-refractivity contribution in [3.63, 3.8) is 0 Å². The van der Waals surface area contributed by atoms with Crippen LogP contribution in [-0.2, 0) is 14.8 Å². The van der Waals surface area contributed by atoms with E-state index < -0.39 is 10.0 Å². The van der Waals surface area contributed by atoms with Crippen LogP contribution < -0.4 is 5.32 Å². The predicted molar refractivity (Wildman–Crippen MR) is 94.6 cm³/mol. The Morgan fingerprint density at radius 1 is 1.28 bits per heavy atom. The van der Waals surface area contributed by atoms with Crippen LogP contribution in [0.3, 0.4) is 0 Å². The average molecular weight is 362 g/mol. The first-order valence-corrected chi connectivity index (χ1v) is 9.71. The minimum Gasteiger partial charge on any atom is -0.326 e. The van der Waals surface area contributed by atoms with Gasteiger partial charge in [-0.2, -0.15) is 9.40 Å². The lowest BCUT2D eigenvalue weighted by molar-refractivity contribution is -0.120. The molecule has 1 fully saturated rings. The quantitative estimate of drug-likeness (QED) is 0.870. The molecule has 0 radical (unpaired) electrons. The van der Waals surface area contributed by atoms with Gasteiger partial charge in [0.15, 0.2) is 0 Å². The monoisotopic (exact) mass is 362 g/mol. The molecule has 1 amide bonds. The number of carbonyl (C=O) groups excluding carboxylic acids is 1. The SMILES string of the molecule is Cc1n[nH]c(C)c1S(=O)(=O)N1CCCC(C(=O)Nc2ccccc2)C1. The summed E-state index contributed by atoms with van der Waals surface area (Å²) < 4.78 is 27.3. The number of para-hydroxylation sites is 1. The minimum atomic E-state index is -3.66. The van der Waals surface area contributed by atoms with Crippen LogP contribution in [0.25, 0.3) is 0 Å². The van der Waals surface area contributed by atoms with E-state index in [-0.39, 0.29) is 23.3 Å². The van der Waals surface area contributed by atoms with Crippen molar-refractivity contribution in [1.29, 1.82) is 0 Å². The molecule has 1 atom stereocenters. The number of amides is 1. The maximum atomic E-state index is 13.0. The third kappa shape index (κ3) is 3.59. The number of rotatable bonds is 4. The molecule has 1 aliphatic heterocycles. The van der Waals surface area contributed by atoms with E-state index in [4.69, 9.17) is 0 Å². The van der Waals surface area contributed by atoms with Gasteiger partial charge in [0.25, 0.3) is 0 Å². The highest BCUT2D eigenvalue weighted by Crippen LogP contribution is 2.27. The van der Waals surface area contributed by atoms with E-state index in [1.807, 2.05) is 30.3 Å². The Morgan fingerprint density at radius 3 is 2.64 bits per heavy atom. The Kier molecular flexibility index (Phi) is 4.91. The maximum Gasteiger partial charge on any atom is 0.246 e. The topological polar surface area (TPSA) is 95.2 Å². The molecule has 1 aromatic heterocycles. The molecule has 0 saturated carbocycles. The molecule has 2 N–H and O–H groups in total. The van der Waals surface area contributed by atoms with Crippen molar-refractivity contribution in [1.82, 2.24) is 14.5 Å². The van der Waals surface area contributed by atoms with Crippen molar-refractivity contribution in [3.8, 4) is 0 Å². The van der Waals surface area contributed by atoms with Crippen LogP contribution in [0.5, 0.6) is 0 Å². The van der Waals surface area contributed by atoms with Crippen LogP contribution in [0.4, 0.5) is 5.69 Å². The minimum absolute atomic E-state index is 0.147. The molecule has 1 aliphatic rings. The molecule has 3 rings (SSSR count). The lowest BCUT2D eigenvalue weighted by Gasteiger charge is -2.31. The summed E-state index contributed by atoms with van der Waals surface area (Å²) >= 11 is 0. The molecule has 134 valence electrons. The van der Waals surface area contributed by atoms with E-state index in [1.165, 1.54) is 4.31 Å². The first-order valence-electron chi connectivity index (χ1n) is 8.27. The zero-order chi connectivity index (χ0) is 18.0. The number of H-pyrrole nitrogens is 1. The molecule has 1 unspecified atom stereocenters. The molecular formula is C17H22N4O3S. The van der Waals surface area contributed by atoms with Crippen LogP contribution in [0.15, 0.2) is 35.2 Å². The number of nitrogens with one attached hydrogen (secondary N) is 2. The number of piperidine rings is 1. The summed E-state index contributed by atoms with van der Waals surface area (Å²) in [5.74, 6) is -0.511. The normalized spacial score (nSPS) is 18.9. The van der Waals surface area contributed by atoms with Gasteiger partial charge in [0.1, 0.15) is 4.90 Å². The summed E-state index contributed by atoms with van der Waals surface area (Å²) in [5, 5.41) is 9.55. The van der Waals surface area contributed by atoms with Gasteiger partial charge in [0.2, 0.25) is 15.9 Å². The standard InChI is InChI=1S/C17H22N4O3S/c1-12-16(13(2)20-19-12)25(23,24)21-10-6-7-14(11-21)17(22)18-15-8-4-3-5-9-15/h3-5,8-9,14H,6-7,10-11H2,1-2H3,(H,18,22)(H,19,20). The molecule has 2 heterocycles. The number of hydrogen-bond acceptors (Lipinski definition) is 4. The summed E-state index contributed by atoms with van der Waals surface area (Å²) in [6.07, 6.45) is 1.33. The number of anilines is 1. The Morgan fingerprint density at radius 2 is 2.00 bits per heavy atom. The van der Waals surface area contributed by atoms with Crippen molar-refractivity contribution in [3.05, 3.63) is 41.7 Å². The van der Waals surface area contributed by atoms with Crippen molar-refractivity contribution in [2.24, 2.45) is 5.92 Å². The molecule has 0 spiro atoms. The number of carbonyl (C=O) groups is 1. The second-order valence-electron chi connectivity index (χ2n) is 6.32. The molecule has 7 nitrogen and oxygen atoms in total. The fourth-order valence-corrected chi connectivity index (χ4v) is 5.05. The number of nitrogens with zero attached hydrogens (tertiary/aromatic N) is 2. The van der Waals surface area contributed by atoms with E-state index in [0.717, 1.165) is 0 Å². The third-order valence-corrected chi connectivity index (χ3v) is 6.58. The van der Waals surface area contributed by atoms with Gasteiger partial charge in [-0.15, -0.1) is 0 Å². The van der Waals surface area contributed by atoms with Gasteiger partial charge in [-0.05, 0) is 38.8 Å². The van der Waals surface area contributed by atoms with Gasteiger partial charge < -0.3 is 5.32 Å². The second-order valence-corrected chi connectivity index (χ2v) is 8.20. The smallest absolute Gasteiger partial charge is 0.246 e. The van der Waals surface area contributed by atoms with Crippen LogP contribution in [0, 0.1) is 19.8 Å². The Labute approximate surface area is 147 Å². The zero-order valence-corrected chi connectivity index (χ0v) is 15.1. The molecule has 0 bridgehead atoms. The molecule has 1 aromatic carbocycles. The number of sulfonamides is 1. The van der Waals surface area contributed by atoms with Crippen LogP contribution >= 0.6 is 0 Å². The summed E-state index contributed by atoms with van der Waals surface area (Å²) in [7, 11) is -3.66.